The van der Waals surface area contributed by atoms with Crippen molar-refractivity contribution < 1.29 is 4.79 Å². The Labute approximate surface area is 145 Å². The van der Waals surface area contributed by atoms with Gasteiger partial charge in [0, 0.05) is 15.7 Å². The molecule has 0 bridgehead atoms. The molecule has 1 N–H and O–H groups in total. The van der Waals surface area contributed by atoms with Gasteiger partial charge < -0.3 is 5.32 Å². The first-order valence-electron chi connectivity index (χ1n) is 6.70. The molecule has 116 valence electrons. The average Bonchev–Trinajstić information content (AvgIpc) is 2.95. The smallest absolute Gasteiger partial charge is 0.248 e. The third-order valence-electron chi connectivity index (χ3n) is 2.96. The number of tetrazole rings is 1. The monoisotopic (exact) mass is 391 g/mol. The number of aromatic nitrogens is 4. The predicted molar refractivity (Wildman–Crippen MR) is 91.0 cm³/mol. The highest BCUT2D eigenvalue weighted by Gasteiger charge is 2.11. The van der Waals surface area contributed by atoms with Crippen molar-refractivity contribution in [2.75, 3.05) is 5.32 Å². The number of carbonyl (C=O) groups is 1. The molecule has 0 radical (unpaired) electrons. The average molecular weight is 393 g/mol. The zero-order valence-electron chi connectivity index (χ0n) is 11.8. The minimum atomic E-state index is -0.244. The number of carbonyl (C=O) groups excluding carboxylic acids is 1. The molecule has 1 amide bonds. The number of rotatable bonds is 4. The van der Waals surface area contributed by atoms with Gasteiger partial charge in [-0.1, -0.05) is 45.7 Å². The molecule has 23 heavy (non-hydrogen) atoms. The largest absolute Gasteiger partial charge is 0.324 e. The van der Waals surface area contributed by atoms with Crippen LogP contribution in [-0.2, 0) is 11.3 Å². The highest BCUT2D eigenvalue weighted by molar-refractivity contribution is 9.10. The molecular formula is C15H11BrClN5O. The molecule has 2 aromatic carbocycles. The van der Waals surface area contributed by atoms with Gasteiger partial charge in [0.2, 0.25) is 11.7 Å². The van der Waals surface area contributed by atoms with E-state index < -0.39 is 0 Å². The maximum absolute atomic E-state index is 12.0. The van der Waals surface area contributed by atoms with Crippen LogP contribution < -0.4 is 5.32 Å². The summed E-state index contributed by atoms with van der Waals surface area (Å²) in [6.45, 7) is -0.0377. The summed E-state index contributed by atoms with van der Waals surface area (Å²) in [6, 6.07) is 14.5. The molecule has 3 aromatic rings. The van der Waals surface area contributed by atoms with Crippen LogP contribution in [0.4, 0.5) is 5.69 Å². The Balaban J connectivity index is 1.69. The zero-order valence-corrected chi connectivity index (χ0v) is 14.1. The highest BCUT2D eigenvalue weighted by Crippen LogP contribution is 2.23. The van der Waals surface area contributed by atoms with Crippen molar-refractivity contribution in [1.29, 1.82) is 0 Å². The normalized spacial score (nSPS) is 10.5. The number of hydrogen-bond acceptors (Lipinski definition) is 4. The van der Waals surface area contributed by atoms with Gasteiger partial charge >= 0.3 is 0 Å². The topological polar surface area (TPSA) is 72.7 Å². The van der Waals surface area contributed by atoms with Crippen LogP contribution in [0.3, 0.4) is 0 Å². The van der Waals surface area contributed by atoms with Crippen LogP contribution in [-0.4, -0.2) is 26.1 Å². The first-order valence-corrected chi connectivity index (χ1v) is 7.87. The third-order valence-corrected chi connectivity index (χ3v) is 3.78. The maximum atomic E-state index is 12.0. The maximum Gasteiger partial charge on any atom is 0.248 e. The summed E-state index contributed by atoms with van der Waals surface area (Å²) in [5.74, 6) is 0.136. The minimum Gasteiger partial charge on any atom is -0.324 e. The molecule has 0 saturated carbocycles. The predicted octanol–water partition coefficient (Wildman–Crippen LogP) is 3.39. The summed E-state index contributed by atoms with van der Waals surface area (Å²) in [5.41, 5.74) is 1.36. The van der Waals surface area contributed by atoms with Crippen molar-refractivity contribution >= 4 is 39.1 Å². The van der Waals surface area contributed by atoms with E-state index in [1.165, 1.54) is 4.80 Å². The SMILES string of the molecule is O=C(Cn1nnc(-c2ccccc2Cl)n1)Nc1cccc(Br)c1. The molecule has 0 unspecified atom stereocenters. The van der Waals surface area contributed by atoms with Crippen LogP contribution in [0.15, 0.2) is 53.0 Å². The fourth-order valence-electron chi connectivity index (χ4n) is 1.96. The number of nitrogens with zero attached hydrogens (tertiary/aromatic N) is 4. The summed E-state index contributed by atoms with van der Waals surface area (Å²) in [7, 11) is 0. The molecule has 0 aliphatic carbocycles. The van der Waals surface area contributed by atoms with Gasteiger partial charge in [-0.15, -0.1) is 10.2 Å². The van der Waals surface area contributed by atoms with E-state index in [0.717, 1.165) is 4.47 Å². The molecule has 0 fully saturated rings. The molecular weight excluding hydrogens is 382 g/mol. The Morgan fingerprint density at radius 3 is 2.83 bits per heavy atom. The lowest BCUT2D eigenvalue weighted by Gasteiger charge is -2.04. The van der Waals surface area contributed by atoms with Gasteiger partial charge in [0.05, 0.1) is 5.02 Å². The first kappa shape index (κ1) is 15.6. The van der Waals surface area contributed by atoms with Crippen LogP contribution in [0, 0.1) is 0 Å². The van der Waals surface area contributed by atoms with Crippen molar-refractivity contribution in [3.8, 4) is 11.4 Å². The Hall–Kier alpha value is -2.25. The summed E-state index contributed by atoms with van der Waals surface area (Å²) in [4.78, 5) is 13.3. The van der Waals surface area contributed by atoms with E-state index in [0.29, 0.717) is 22.1 Å². The van der Waals surface area contributed by atoms with Gasteiger partial charge in [-0.3, -0.25) is 4.79 Å². The van der Waals surface area contributed by atoms with Crippen molar-refractivity contribution in [3.63, 3.8) is 0 Å². The Bertz CT molecular complexity index is 851. The fourth-order valence-corrected chi connectivity index (χ4v) is 2.58. The van der Waals surface area contributed by atoms with Crippen LogP contribution in [0.5, 0.6) is 0 Å². The molecule has 0 saturated heterocycles. The van der Waals surface area contributed by atoms with E-state index in [1.54, 1.807) is 18.2 Å². The van der Waals surface area contributed by atoms with Crippen molar-refractivity contribution in [1.82, 2.24) is 20.2 Å². The van der Waals surface area contributed by atoms with E-state index in [4.69, 9.17) is 11.6 Å². The Kier molecular flexibility index (Phi) is 4.68. The van der Waals surface area contributed by atoms with Crippen molar-refractivity contribution in [2.24, 2.45) is 0 Å². The van der Waals surface area contributed by atoms with E-state index >= 15 is 0 Å². The number of amides is 1. The summed E-state index contributed by atoms with van der Waals surface area (Å²) in [6.07, 6.45) is 0. The minimum absolute atomic E-state index is 0.0377. The summed E-state index contributed by atoms with van der Waals surface area (Å²) >= 11 is 9.45. The Morgan fingerprint density at radius 1 is 1.22 bits per heavy atom. The number of nitrogens with one attached hydrogen (secondary N) is 1. The van der Waals surface area contributed by atoms with Crippen LogP contribution >= 0.6 is 27.5 Å². The van der Waals surface area contributed by atoms with Crippen molar-refractivity contribution in [3.05, 3.63) is 58.0 Å². The van der Waals surface area contributed by atoms with Gasteiger partial charge in [0.15, 0.2) is 0 Å². The standard InChI is InChI=1S/C15H11BrClN5O/c16-10-4-3-5-11(8-10)18-14(23)9-22-20-15(19-21-22)12-6-1-2-7-13(12)17/h1-8H,9H2,(H,18,23). The van der Waals surface area contributed by atoms with Gasteiger partial charge in [-0.2, -0.15) is 4.80 Å². The quantitative estimate of drug-likeness (QED) is 0.738. The second-order valence-corrected chi connectivity index (χ2v) is 6.00. The summed E-state index contributed by atoms with van der Waals surface area (Å²) < 4.78 is 0.884. The molecule has 0 spiro atoms. The Morgan fingerprint density at radius 2 is 2.04 bits per heavy atom. The molecule has 1 aromatic heterocycles. The zero-order chi connectivity index (χ0) is 16.2. The molecule has 0 aliphatic rings. The molecule has 0 atom stereocenters. The van der Waals surface area contributed by atoms with Crippen LogP contribution in [0.25, 0.3) is 11.4 Å². The van der Waals surface area contributed by atoms with E-state index in [9.17, 15) is 4.79 Å². The molecule has 8 heteroatoms. The second-order valence-electron chi connectivity index (χ2n) is 4.68. The van der Waals surface area contributed by atoms with E-state index in [-0.39, 0.29) is 12.5 Å². The van der Waals surface area contributed by atoms with Gasteiger partial charge in [-0.05, 0) is 35.5 Å². The van der Waals surface area contributed by atoms with E-state index in [1.807, 2.05) is 30.3 Å². The van der Waals surface area contributed by atoms with Gasteiger partial charge in [-0.25, -0.2) is 0 Å². The second kappa shape index (κ2) is 6.89. The number of hydrogen-bond donors (Lipinski definition) is 1. The molecule has 6 nitrogen and oxygen atoms in total. The summed E-state index contributed by atoms with van der Waals surface area (Å²) in [5, 5.41) is 15.3. The molecule has 3 rings (SSSR count). The highest BCUT2D eigenvalue weighted by atomic mass is 79.9. The number of anilines is 1. The lowest BCUT2D eigenvalue weighted by Crippen LogP contribution is -2.20. The lowest BCUT2D eigenvalue weighted by molar-refractivity contribution is -0.117. The molecule has 1 heterocycles. The van der Waals surface area contributed by atoms with Gasteiger partial charge in [0.25, 0.3) is 0 Å². The molecule has 0 aliphatic heterocycles. The van der Waals surface area contributed by atoms with Crippen LogP contribution in [0.1, 0.15) is 0 Å². The lowest BCUT2D eigenvalue weighted by atomic mass is 10.2. The van der Waals surface area contributed by atoms with E-state index in [2.05, 4.69) is 36.7 Å². The number of halogens is 2. The fraction of sp³-hybridized carbons (Fsp3) is 0.0667. The van der Waals surface area contributed by atoms with Gasteiger partial charge in [0.1, 0.15) is 6.54 Å². The number of benzene rings is 2. The first-order chi connectivity index (χ1) is 11.1. The third kappa shape index (κ3) is 3.94. The van der Waals surface area contributed by atoms with Crippen LogP contribution in [0.2, 0.25) is 5.02 Å². The van der Waals surface area contributed by atoms with Crippen molar-refractivity contribution in [2.45, 2.75) is 6.54 Å².